The lowest BCUT2D eigenvalue weighted by atomic mass is 9.90. The molecule has 0 aromatic heterocycles. The Morgan fingerprint density at radius 1 is 1.33 bits per heavy atom. The van der Waals surface area contributed by atoms with Crippen LogP contribution < -0.4 is 5.32 Å². The van der Waals surface area contributed by atoms with E-state index in [0.29, 0.717) is 17.9 Å². The van der Waals surface area contributed by atoms with Crippen LogP contribution in [0.2, 0.25) is 0 Å². The van der Waals surface area contributed by atoms with Crippen LogP contribution >= 0.6 is 0 Å². The standard InChI is InChI=1S/C16H23NO/c1-5-17-15(18)13-8-12(11(2)3)9-14(10-13)16(4)6-7-16/h8-11H,5-7H2,1-4H3,(H,17,18). The van der Waals surface area contributed by atoms with Crippen LogP contribution in [-0.2, 0) is 5.41 Å². The van der Waals surface area contributed by atoms with Crippen LogP contribution in [0, 0.1) is 0 Å². The summed E-state index contributed by atoms with van der Waals surface area (Å²) in [6, 6.07) is 6.38. The summed E-state index contributed by atoms with van der Waals surface area (Å²) in [4.78, 5) is 12.0. The zero-order valence-electron chi connectivity index (χ0n) is 11.8. The molecule has 1 saturated carbocycles. The van der Waals surface area contributed by atoms with Gasteiger partial charge in [0.1, 0.15) is 0 Å². The molecule has 1 aromatic carbocycles. The molecule has 1 aromatic rings. The molecule has 2 heteroatoms. The van der Waals surface area contributed by atoms with E-state index in [1.165, 1.54) is 24.0 Å². The molecule has 0 heterocycles. The molecule has 18 heavy (non-hydrogen) atoms. The lowest BCUT2D eigenvalue weighted by molar-refractivity contribution is 0.0955. The van der Waals surface area contributed by atoms with Crippen molar-refractivity contribution in [3.05, 3.63) is 34.9 Å². The van der Waals surface area contributed by atoms with E-state index in [2.05, 4.69) is 38.2 Å². The number of amides is 1. The van der Waals surface area contributed by atoms with Gasteiger partial charge in [-0.2, -0.15) is 0 Å². The van der Waals surface area contributed by atoms with Gasteiger partial charge in [0.15, 0.2) is 0 Å². The van der Waals surface area contributed by atoms with Gasteiger partial charge in [0.25, 0.3) is 5.91 Å². The molecule has 0 spiro atoms. The first-order valence-electron chi connectivity index (χ1n) is 6.90. The topological polar surface area (TPSA) is 29.1 Å². The summed E-state index contributed by atoms with van der Waals surface area (Å²) in [6.45, 7) is 9.27. The summed E-state index contributed by atoms with van der Waals surface area (Å²) in [6.07, 6.45) is 2.48. The fraction of sp³-hybridized carbons (Fsp3) is 0.562. The molecular weight excluding hydrogens is 222 g/mol. The van der Waals surface area contributed by atoms with Crippen molar-refractivity contribution in [2.75, 3.05) is 6.54 Å². The minimum atomic E-state index is 0.0468. The van der Waals surface area contributed by atoms with E-state index in [-0.39, 0.29) is 5.91 Å². The van der Waals surface area contributed by atoms with Gasteiger partial charge >= 0.3 is 0 Å². The predicted octanol–water partition coefficient (Wildman–Crippen LogP) is 3.61. The lowest BCUT2D eigenvalue weighted by Crippen LogP contribution is -2.23. The first-order valence-corrected chi connectivity index (χ1v) is 6.90. The van der Waals surface area contributed by atoms with E-state index in [0.717, 1.165) is 5.56 Å². The third-order valence-corrected chi connectivity index (χ3v) is 3.92. The van der Waals surface area contributed by atoms with Crippen LogP contribution in [0.3, 0.4) is 0 Å². The molecule has 98 valence electrons. The first-order chi connectivity index (χ1) is 8.46. The maximum atomic E-state index is 12.0. The number of carbonyl (C=O) groups is 1. The third-order valence-electron chi connectivity index (χ3n) is 3.92. The fourth-order valence-corrected chi connectivity index (χ4v) is 2.20. The zero-order valence-corrected chi connectivity index (χ0v) is 11.8. The summed E-state index contributed by atoms with van der Waals surface area (Å²) >= 11 is 0. The van der Waals surface area contributed by atoms with Crippen molar-refractivity contribution in [2.45, 2.75) is 51.9 Å². The summed E-state index contributed by atoms with van der Waals surface area (Å²) in [5.41, 5.74) is 3.72. The van der Waals surface area contributed by atoms with Crippen molar-refractivity contribution in [2.24, 2.45) is 0 Å². The summed E-state index contributed by atoms with van der Waals surface area (Å²) in [7, 11) is 0. The second-order valence-corrected chi connectivity index (χ2v) is 5.92. The van der Waals surface area contributed by atoms with Crippen LogP contribution in [0.25, 0.3) is 0 Å². The predicted molar refractivity (Wildman–Crippen MR) is 75.1 cm³/mol. The molecule has 0 unspecified atom stereocenters. The highest BCUT2D eigenvalue weighted by molar-refractivity contribution is 5.94. The van der Waals surface area contributed by atoms with Crippen molar-refractivity contribution < 1.29 is 4.79 Å². The molecule has 1 fully saturated rings. The van der Waals surface area contributed by atoms with E-state index in [4.69, 9.17) is 0 Å². The molecule has 1 amide bonds. The molecule has 0 bridgehead atoms. The molecule has 2 rings (SSSR count). The molecule has 1 N–H and O–H groups in total. The molecule has 1 aliphatic rings. The van der Waals surface area contributed by atoms with Crippen molar-refractivity contribution >= 4 is 5.91 Å². The van der Waals surface area contributed by atoms with E-state index in [1.54, 1.807) is 0 Å². The maximum absolute atomic E-state index is 12.0. The summed E-state index contributed by atoms with van der Waals surface area (Å²) in [5, 5.41) is 2.89. The van der Waals surface area contributed by atoms with Crippen LogP contribution in [0.4, 0.5) is 0 Å². The molecule has 0 aliphatic heterocycles. The quantitative estimate of drug-likeness (QED) is 0.862. The number of nitrogens with one attached hydrogen (secondary N) is 1. The van der Waals surface area contributed by atoms with Gasteiger partial charge in [0.2, 0.25) is 0 Å². The second-order valence-electron chi connectivity index (χ2n) is 5.92. The minimum absolute atomic E-state index is 0.0468. The van der Waals surface area contributed by atoms with Crippen LogP contribution in [0.15, 0.2) is 18.2 Å². The molecule has 0 saturated heterocycles. The largest absolute Gasteiger partial charge is 0.352 e. The lowest BCUT2D eigenvalue weighted by Gasteiger charge is -2.15. The van der Waals surface area contributed by atoms with Crippen molar-refractivity contribution in [1.29, 1.82) is 0 Å². The Balaban J connectivity index is 2.40. The maximum Gasteiger partial charge on any atom is 0.251 e. The molecule has 2 nitrogen and oxygen atoms in total. The fourth-order valence-electron chi connectivity index (χ4n) is 2.20. The Bertz CT molecular complexity index is 458. The molecule has 0 atom stereocenters. The number of hydrogen-bond donors (Lipinski definition) is 1. The normalized spacial score (nSPS) is 16.7. The molecule has 1 aliphatic carbocycles. The monoisotopic (exact) mass is 245 g/mol. The van der Waals surface area contributed by atoms with Crippen LogP contribution in [0.1, 0.15) is 67.9 Å². The van der Waals surface area contributed by atoms with E-state index < -0.39 is 0 Å². The smallest absolute Gasteiger partial charge is 0.251 e. The Hall–Kier alpha value is -1.31. The van der Waals surface area contributed by atoms with Gasteiger partial charge in [-0.3, -0.25) is 4.79 Å². The molecule has 0 radical (unpaired) electrons. The number of hydrogen-bond acceptors (Lipinski definition) is 1. The SMILES string of the molecule is CCNC(=O)c1cc(C(C)C)cc(C2(C)CC2)c1. The van der Waals surface area contributed by atoms with Gasteiger partial charge in [-0.05, 0) is 54.4 Å². The number of rotatable bonds is 4. The summed E-state index contributed by atoms with van der Waals surface area (Å²) in [5.74, 6) is 0.506. The van der Waals surface area contributed by atoms with Gasteiger partial charge in [0.05, 0.1) is 0 Å². The Kier molecular flexibility index (Phi) is 3.47. The minimum Gasteiger partial charge on any atom is -0.352 e. The van der Waals surface area contributed by atoms with Gasteiger partial charge in [-0.1, -0.05) is 26.8 Å². The summed E-state index contributed by atoms with van der Waals surface area (Å²) < 4.78 is 0. The average Bonchev–Trinajstić information content (AvgIpc) is 3.08. The molecular formula is C16H23NO. The average molecular weight is 245 g/mol. The van der Waals surface area contributed by atoms with Gasteiger partial charge in [0, 0.05) is 12.1 Å². The Morgan fingerprint density at radius 2 is 2.00 bits per heavy atom. The highest BCUT2D eigenvalue weighted by Gasteiger charge is 2.39. The van der Waals surface area contributed by atoms with Gasteiger partial charge < -0.3 is 5.32 Å². The first kappa shape index (κ1) is 13.1. The zero-order chi connectivity index (χ0) is 13.3. The van der Waals surface area contributed by atoms with Gasteiger partial charge in [-0.15, -0.1) is 0 Å². The van der Waals surface area contributed by atoms with E-state index >= 15 is 0 Å². The van der Waals surface area contributed by atoms with Crippen molar-refractivity contribution in [3.63, 3.8) is 0 Å². The van der Waals surface area contributed by atoms with Crippen LogP contribution in [0.5, 0.6) is 0 Å². The number of benzene rings is 1. The highest BCUT2D eigenvalue weighted by Crippen LogP contribution is 2.48. The van der Waals surface area contributed by atoms with E-state index in [1.807, 2.05) is 13.0 Å². The third kappa shape index (κ3) is 2.58. The van der Waals surface area contributed by atoms with Crippen molar-refractivity contribution in [1.82, 2.24) is 5.32 Å². The number of carbonyl (C=O) groups excluding carboxylic acids is 1. The second kappa shape index (κ2) is 4.75. The highest BCUT2D eigenvalue weighted by atomic mass is 16.1. The van der Waals surface area contributed by atoms with Crippen molar-refractivity contribution in [3.8, 4) is 0 Å². The van der Waals surface area contributed by atoms with Gasteiger partial charge in [-0.25, -0.2) is 0 Å². The Morgan fingerprint density at radius 3 is 2.50 bits per heavy atom. The van der Waals surface area contributed by atoms with E-state index in [9.17, 15) is 4.79 Å². The Labute approximate surface area is 110 Å². The van der Waals surface area contributed by atoms with Crippen LogP contribution in [-0.4, -0.2) is 12.5 Å².